The molecule has 2 N–H and O–H groups in total. The second-order valence-corrected chi connectivity index (χ2v) is 5.16. The van der Waals surface area contributed by atoms with Gasteiger partial charge in [-0.3, -0.25) is 19.9 Å². The van der Waals surface area contributed by atoms with E-state index in [4.69, 9.17) is 0 Å². The van der Waals surface area contributed by atoms with Crippen molar-refractivity contribution < 1.29 is 19.0 Å². The molecule has 0 fully saturated rings. The Morgan fingerprint density at radius 3 is 2.58 bits per heavy atom. The van der Waals surface area contributed by atoms with Crippen molar-refractivity contribution in [3.8, 4) is 0 Å². The van der Waals surface area contributed by atoms with Gasteiger partial charge in [-0.2, -0.15) is 3.89 Å². The van der Waals surface area contributed by atoms with Crippen LogP contribution in [0.5, 0.6) is 0 Å². The SMILES string of the molecule is CN1C=CN(CCC(CO)(CO)CSF)C1[N+](=O)[O-]. The minimum absolute atomic E-state index is 0.0451. The molecular weight excluding hydrogens is 277 g/mol. The average Bonchev–Trinajstić information content (AvgIpc) is 2.76. The number of rotatable bonds is 8. The Morgan fingerprint density at radius 2 is 2.11 bits per heavy atom. The van der Waals surface area contributed by atoms with Gasteiger partial charge in [0.05, 0.1) is 18.1 Å². The van der Waals surface area contributed by atoms with Crippen molar-refractivity contribution >= 4 is 12.1 Å². The number of nitrogens with zero attached hydrogens (tertiary/aromatic N) is 3. The van der Waals surface area contributed by atoms with Crippen LogP contribution in [-0.4, -0.2) is 63.8 Å². The van der Waals surface area contributed by atoms with Crippen LogP contribution in [0.1, 0.15) is 6.42 Å². The molecule has 0 aromatic heterocycles. The molecule has 0 bridgehead atoms. The zero-order chi connectivity index (χ0) is 14.5. The van der Waals surface area contributed by atoms with Crippen LogP contribution in [0.25, 0.3) is 0 Å². The lowest BCUT2D eigenvalue weighted by Crippen LogP contribution is -2.45. The molecule has 1 atom stereocenters. The fourth-order valence-corrected chi connectivity index (χ4v) is 2.45. The van der Waals surface area contributed by atoms with Crippen molar-refractivity contribution in [3.63, 3.8) is 0 Å². The van der Waals surface area contributed by atoms with E-state index >= 15 is 0 Å². The average molecular weight is 295 g/mol. The van der Waals surface area contributed by atoms with Gasteiger partial charge in [0.15, 0.2) is 0 Å². The Labute approximate surface area is 115 Å². The molecule has 19 heavy (non-hydrogen) atoms. The van der Waals surface area contributed by atoms with Crippen LogP contribution in [0, 0.1) is 15.5 Å². The first-order chi connectivity index (χ1) is 8.99. The van der Waals surface area contributed by atoms with Crippen LogP contribution >= 0.6 is 12.1 Å². The van der Waals surface area contributed by atoms with Crippen molar-refractivity contribution in [3.05, 3.63) is 22.5 Å². The molecule has 1 aliphatic rings. The predicted molar refractivity (Wildman–Crippen MR) is 69.2 cm³/mol. The van der Waals surface area contributed by atoms with Crippen LogP contribution in [-0.2, 0) is 0 Å². The van der Waals surface area contributed by atoms with Gasteiger partial charge >= 0.3 is 6.29 Å². The number of hydrogen-bond donors (Lipinski definition) is 2. The number of halogens is 1. The minimum Gasteiger partial charge on any atom is -0.396 e. The van der Waals surface area contributed by atoms with Crippen molar-refractivity contribution in [2.75, 3.05) is 32.6 Å². The minimum atomic E-state index is -0.992. The van der Waals surface area contributed by atoms with E-state index in [2.05, 4.69) is 0 Å². The standard InChI is InChI=1S/C10H18FN3O4S/c1-12-4-5-13(9(12)14(17)18)3-2-10(6-15,7-16)8-19-11/h4-5,9,15-16H,2-3,6-8H2,1H3. The number of hydrogen-bond acceptors (Lipinski definition) is 7. The normalized spacial score (nSPS) is 19.3. The molecule has 0 radical (unpaired) electrons. The molecule has 0 aliphatic carbocycles. The first-order valence-electron chi connectivity index (χ1n) is 5.74. The van der Waals surface area contributed by atoms with Gasteiger partial charge in [-0.15, -0.1) is 0 Å². The van der Waals surface area contributed by atoms with Gasteiger partial charge in [-0.25, -0.2) is 0 Å². The van der Waals surface area contributed by atoms with E-state index in [0.29, 0.717) is 0 Å². The van der Waals surface area contributed by atoms with Crippen LogP contribution < -0.4 is 0 Å². The van der Waals surface area contributed by atoms with E-state index in [-0.39, 0.29) is 44.1 Å². The highest BCUT2D eigenvalue weighted by molar-refractivity contribution is 7.94. The van der Waals surface area contributed by atoms with Crippen molar-refractivity contribution in [1.29, 1.82) is 0 Å². The van der Waals surface area contributed by atoms with E-state index < -0.39 is 16.6 Å². The smallest absolute Gasteiger partial charge is 0.367 e. The molecule has 7 nitrogen and oxygen atoms in total. The lowest BCUT2D eigenvalue weighted by Gasteiger charge is -2.31. The summed E-state index contributed by atoms with van der Waals surface area (Å²) in [6, 6.07) is 0. The van der Waals surface area contributed by atoms with Gasteiger partial charge in [0.25, 0.3) is 0 Å². The molecule has 110 valence electrons. The van der Waals surface area contributed by atoms with E-state index in [0.717, 1.165) is 0 Å². The van der Waals surface area contributed by atoms with Gasteiger partial charge in [-0.1, -0.05) is 0 Å². The Balaban J connectivity index is 2.64. The quantitative estimate of drug-likeness (QED) is 0.490. The molecule has 1 aliphatic heterocycles. The topological polar surface area (TPSA) is 90.1 Å². The monoisotopic (exact) mass is 295 g/mol. The van der Waals surface area contributed by atoms with E-state index in [1.54, 1.807) is 19.4 Å². The summed E-state index contributed by atoms with van der Waals surface area (Å²) in [5.74, 6) is -0.0451. The Kier molecular flexibility index (Phi) is 5.83. The molecule has 0 saturated heterocycles. The summed E-state index contributed by atoms with van der Waals surface area (Å²) < 4.78 is 12.4. The molecular formula is C10H18FN3O4S. The lowest BCUT2D eigenvalue weighted by atomic mass is 9.88. The zero-order valence-corrected chi connectivity index (χ0v) is 11.4. The second-order valence-electron chi connectivity index (χ2n) is 4.65. The third kappa shape index (κ3) is 3.71. The maximum atomic E-state index is 12.4. The van der Waals surface area contributed by atoms with Crippen LogP contribution in [0.4, 0.5) is 3.89 Å². The van der Waals surface area contributed by atoms with Gasteiger partial charge in [0, 0.05) is 49.3 Å². The highest BCUT2D eigenvalue weighted by Gasteiger charge is 2.36. The Hall–Kier alpha value is -1.06. The van der Waals surface area contributed by atoms with Crippen molar-refractivity contribution in [1.82, 2.24) is 9.80 Å². The fourth-order valence-electron chi connectivity index (χ4n) is 1.89. The molecule has 0 spiro atoms. The zero-order valence-electron chi connectivity index (χ0n) is 10.6. The maximum absolute atomic E-state index is 12.4. The summed E-state index contributed by atoms with van der Waals surface area (Å²) in [7, 11) is 1.59. The summed E-state index contributed by atoms with van der Waals surface area (Å²) in [5.41, 5.74) is -0.963. The molecule has 9 heteroatoms. The first kappa shape index (κ1) is 16.0. The second kappa shape index (κ2) is 6.92. The summed E-state index contributed by atoms with van der Waals surface area (Å²) in [6.07, 6.45) is 2.43. The highest BCUT2D eigenvalue weighted by atomic mass is 32.2. The molecule has 0 amide bonds. The summed E-state index contributed by atoms with van der Waals surface area (Å²) in [4.78, 5) is 13.4. The Bertz CT molecular complexity index is 341. The molecule has 1 unspecified atom stereocenters. The number of nitro groups is 1. The van der Waals surface area contributed by atoms with Crippen LogP contribution in [0.15, 0.2) is 12.4 Å². The Morgan fingerprint density at radius 1 is 1.47 bits per heavy atom. The van der Waals surface area contributed by atoms with Crippen LogP contribution in [0.2, 0.25) is 0 Å². The molecule has 0 aromatic carbocycles. The van der Waals surface area contributed by atoms with E-state index in [1.807, 2.05) is 0 Å². The molecule has 1 rings (SSSR count). The van der Waals surface area contributed by atoms with Crippen molar-refractivity contribution in [2.24, 2.45) is 5.41 Å². The van der Waals surface area contributed by atoms with E-state index in [9.17, 15) is 24.2 Å². The number of aliphatic hydroxyl groups is 2. The van der Waals surface area contributed by atoms with Gasteiger partial charge in [-0.05, 0) is 6.42 Å². The molecule has 1 heterocycles. The summed E-state index contributed by atoms with van der Waals surface area (Å²) in [6.45, 7) is -0.470. The highest BCUT2D eigenvalue weighted by Crippen LogP contribution is 2.28. The van der Waals surface area contributed by atoms with Gasteiger partial charge in [0.2, 0.25) is 0 Å². The number of aliphatic hydroxyl groups excluding tert-OH is 2. The molecule has 0 saturated carbocycles. The summed E-state index contributed by atoms with van der Waals surface area (Å²) >= 11 is 0.0470. The first-order valence-corrected chi connectivity index (χ1v) is 6.63. The van der Waals surface area contributed by atoms with Gasteiger partial charge < -0.3 is 10.2 Å². The van der Waals surface area contributed by atoms with Crippen molar-refractivity contribution in [2.45, 2.75) is 12.7 Å². The van der Waals surface area contributed by atoms with E-state index in [1.165, 1.54) is 9.80 Å². The fraction of sp³-hybridized carbons (Fsp3) is 0.800. The maximum Gasteiger partial charge on any atom is 0.367 e. The summed E-state index contributed by atoms with van der Waals surface area (Å²) in [5, 5.41) is 29.5. The molecule has 0 aromatic rings. The third-order valence-corrected chi connectivity index (χ3v) is 4.00. The lowest BCUT2D eigenvalue weighted by molar-refractivity contribution is -0.568. The third-order valence-electron chi connectivity index (χ3n) is 3.27. The van der Waals surface area contributed by atoms with Crippen LogP contribution in [0.3, 0.4) is 0 Å². The van der Waals surface area contributed by atoms with Gasteiger partial charge in [0.1, 0.15) is 0 Å². The predicted octanol–water partition coefficient (Wildman–Crippen LogP) is 0.244. The largest absolute Gasteiger partial charge is 0.396 e.